The first-order chi connectivity index (χ1) is 9.66. The second-order valence-electron chi connectivity index (χ2n) is 5.62. The summed E-state index contributed by atoms with van der Waals surface area (Å²) in [6.07, 6.45) is 0. The Balaban J connectivity index is 0.00000161. The topological polar surface area (TPSA) is 44.8 Å². The largest absolute Gasteiger partial charge is 1.00 e. The van der Waals surface area contributed by atoms with E-state index in [0.29, 0.717) is 31.1 Å². The van der Waals surface area contributed by atoms with Crippen LogP contribution in [0.15, 0.2) is 18.2 Å². The number of Topliss-reactive ketones (excluding diaryl/α,β-unsaturated/α-hetero) is 1. The van der Waals surface area contributed by atoms with Gasteiger partial charge in [-0.1, -0.05) is 0 Å². The number of carbonyl (C=O) groups excluding carboxylic acids is 1. The van der Waals surface area contributed by atoms with E-state index in [2.05, 4.69) is 7.05 Å². The fourth-order valence-corrected chi connectivity index (χ4v) is 2.60. The maximum Gasteiger partial charge on any atom is 0.217 e. The zero-order chi connectivity index (χ0) is 14.0. The van der Waals surface area contributed by atoms with E-state index < -0.39 is 0 Å². The van der Waals surface area contributed by atoms with Crippen LogP contribution in [-0.2, 0) is 4.74 Å². The molecule has 1 aromatic rings. The molecule has 0 amide bonds. The molecular weight excluding hydrogens is 385 g/mol. The number of hydrogen-bond acceptors (Lipinski definition) is 4. The summed E-state index contributed by atoms with van der Waals surface area (Å²) >= 11 is 0. The summed E-state index contributed by atoms with van der Waals surface area (Å²) in [6.45, 7) is 4.83. The van der Waals surface area contributed by atoms with Gasteiger partial charge in [0.15, 0.2) is 11.5 Å². The molecule has 0 bridgehead atoms. The lowest BCUT2D eigenvalue weighted by atomic mass is 10.1. The Bertz CT molecular complexity index is 514. The van der Waals surface area contributed by atoms with Gasteiger partial charge in [0.05, 0.1) is 20.3 Å². The second kappa shape index (κ2) is 6.93. The number of morpholine rings is 1. The first kappa shape index (κ1) is 16.5. The highest BCUT2D eigenvalue weighted by Gasteiger charge is 2.29. The summed E-state index contributed by atoms with van der Waals surface area (Å²) in [5.41, 5.74) is 0.695. The smallest absolute Gasteiger partial charge is 0.217 e. The first-order valence-electron chi connectivity index (χ1n) is 7.00. The Labute approximate surface area is 141 Å². The van der Waals surface area contributed by atoms with Gasteiger partial charge in [-0.2, -0.15) is 0 Å². The van der Waals surface area contributed by atoms with Gasteiger partial charge in [0.1, 0.15) is 32.8 Å². The number of ether oxygens (including phenoxy) is 3. The Morgan fingerprint density at radius 3 is 2.48 bits per heavy atom. The van der Waals surface area contributed by atoms with Crippen LogP contribution < -0.4 is 33.5 Å². The number of quaternary nitrogens is 1. The number of nitrogens with zero attached hydrogens (tertiary/aromatic N) is 1. The highest BCUT2D eigenvalue weighted by molar-refractivity contribution is 5.97. The van der Waals surface area contributed by atoms with E-state index in [1.807, 2.05) is 12.1 Å². The highest BCUT2D eigenvalue weighted by Crippen LogP contribution is 2.31. The highest BCUT2D eigenvalue weighted by atomic mass is 127. The van der Waals surface area contributed by atoms with Crippen molar-refractivity contribution in [2.75, 3.05) is 53.1 Å². The van der Waals surface area contributed by atoms with Crippen LogP contribution in [0.25, 0.3) is 0 Å². The Kier molecular flexibility index (Phi) is 5.45. The predicted octanol–water partition coefficient (Wildman–Crippen LogP) is -1.88. The second-order valence-corrected chi connectivity index (χ2v) is 5.62. The number of rotatable bonds is 3. The van der Waals surface area contributed by atoms with Gasteiger partial charge in [-0.25, -0.2) is 0 Å². The van der Waals surface area contributed by atoms with Crippen LogP contribution in [-0.4, -0.2) is 63.4 Å². The molecule has 116 valence electrons. The molecule has 2 aliphatic heterocycles. The van der Waals surface area contributed by atoms with Crippen molar-refractivity contribution >= 4 is 5.78 Å². The van der Waals surface area contributed by atoms with Gasteiger partial charge in [-0.15, -0.1) is 0 Å². The molecule has 21 heavy (non-hydrogen) atoms. The number of benzene rings is 1. The van der Waals surface area contributed by atoms with Crippen molar-refractivity contribution in [3.05, 3.63) is 23.8 Å². The van der Waals surface area contributed by atoms with E-state index in [9.17, 15) is 4.79 Å². The lowest BCUT2D eigenvalue weighted by Crippen LogP contribution is -3.00. The minimum absolute atomic E-state index is 0. The van der Waals surface area contributed by atoms with Crippen LogP contribution in [0.3, 0.4) is 0 Å². The molecule has 2 heterocycles. The van der Waals surface area contributed by atoms with E-state index in [1.54, 1.807) is 6.07 Å². The molecule has 1 aromatic carbocycles. The lowest BCUT2D eigenvalue weighted by Gasteiger charge is -2.36. The van der Waals surface area contributed by atoms with Crippen LogP contribution in [0, 0.1) is 0 Å². The zero-order valence-corrected chi connectivity index (χ0v) is 14.3. The van der Waals surface area contributed by atoms with Crippen molar-refractivity contribution in [1.29, 1.82) is 0 Å². The van der Waals surface area contributed by atoms with Gasteiger partial charge >= 0.3 is 0 Å². The van der Waals surface area contributed by atoms with Crippen LogP contribution in [0.5, 0.6) is 11.5 Å². The Hall–Kier alpha value is -0.860. The fourth-order valence-electron chi connectivity index (χ4n) is 2.60. The third-order valence-electron chi connectivity index (χ3n) is 3.94. The normalized spacial score (nSPS) is 19.5. The fraction of sp³-hybridized carbons (Fsp3) is 0.533. The molecule has 0 saturated carbocycles. The molecule has 0 aliphatic carbocycles. The van der Waals surface area contributed by atoms with E-state index in [0.717, 1.165) is 36.5 Å². The summed E-state index contributed by atoms with van der Waals surface area (Å²) in [7, 11) is 2.11. The van der Waals surface area contributed by atoms with E-state index in [-0.39, 0.29) is 29.8 Å². The number of halogens is 1. The van der Waals surface area contributed by atoms with Crippen molar-refractivity contribution in [3.63, 3.8) is 0 Å². The van der Waals surface area contributed by atoms with E-state index in [4.69, 9.17) is 14.2 Å². The standard InChI is InChI=1S/C15H20NO4.HI/c1-16(4-6-18-7-5-16)11-13(17)12-2-3-14-15(10-12)20-9-8-19-14;/h2-3,10H,4-9,11H2,1H3;1H/q+1;/p-1. The maximum atomic E-state index is 12.5. The van der Waals surface area contributed by atoms with Gasteiger partial charge in [0.25, 0.3) is 0 Å². The molecule has 2 aliphatic rings. The van der Waals surface area contributed by atoms with Gasteiger partial charge in [-0.3, -0.25) is 4.79 Å². The molecular formula is C15H20INO4. The van der Waals surface area contributed by atoms with Crippen molar-refractivity contribution in [2.24, 2.45) is 0 Å². The number of ketones is 1. The molecule has 0 aromatic heterocycles. The molecule has 6 heteroatoms. The molecule has 0 atom stereocenters. The van der Waals surface area contributed by atoms with E-state index in [1.165, 1.54) is 0 Å². The number of carbonyl (C=O) groups is 1. The van der Waals surface area contributed by atoms with E-state index >= 15 is 0 Å². The van der Waals surface area contributed by atoms with Crippen LogP contribution >= 0.6 is 0 Å². The third-order valence-corrected chi connectivity index (χ3v) is 3.94. The number of fused-ring (bicyclic) bond motifs is 1. The van der Waals surface area contributed by atoms with Gasteiger partial charge in [0, 0.05) is 5.56 Å². The van der Waals surface area contributed by atoms with Gasteiger partial charge in [-0.05, 0) is 18.2 Å². The first-order valence-corrected chi connectivity index (χ1v) is 7.00. The molecule has 1 saturated heterocycles. The average Bonchev–Trinajstić information content (AvgIpc) is 2.47. The minimum atomic E-state index is 0. The molecule has 0 spiro atoms. The molecule has 3 rings (SSSR count). The summed E-state index contributed by atoms with van der Waals surface area (Å²) < 4.78 is 17.1. The van der Waals surface area contributed by atoms with Gasteiger partial charge < -0.3 is 42.7 Å². The van der Waals surface area contributed by atoms with Crippen LogP contribution in [0.4, 0.5) is 0 Å². The average molecular weight is 405 g/mol. The molecule has 0 unspecified atom stereocenters. The molecule has 0 radical (unpaired) electrons. The Morgan fingerprint density at radius 1 is 1.10 bits per heavy atom. The third kappa shape index (κ3) is 3.87. The maximum absolute atomic E-state index is 12.5. The summed E-state index contributed by atoms with van der Waals surface area (Å²) in [6, 6.07) is 5.44. The lowest BCUT2D eigenvalue weighted by molar-refractivity contribution is -0.908. The molecule has 1 fully saturated rings. The van der Waals surface area contributed by atoms with Crippen LogP contribution in [0.2, 0.25) is 0 Å². The van der Waals surface area contributed by atoms with Gasteiger partial charge in [0.2, 0.25) is 5.78 Å². The molecule has 0 N–H and O–H groups in total. The predicted molar refractivity (Wildman–Crippen MR) is 73.4 cm³/mol. The molecule has 5 nitrogen and oxygen atoms in total. The summed E-state index contributed by atoms with van der Waals surface area (Å²) in [5.74, 6) is 1.54. The van der Waals surface area contributed by atoms with Crippen molar-refractivity contribution in [3.8, 4) is 11.5 Å². The van der Waals surface area contributed by atoms with Crippen LogP contribution in [0.1, 0.15) is 10.4 Å². The number of likely N-dealkylation sites (N-methyl/N-ethyl adjacent to an activating group) is 1. The summed E-state index contributed by atoms with van der Waals surface area (Å²) in [5, 5.41) is 0. The number of hydrogen-bond donors (Lipinski definition) is 0. The SMILES string of the molecule is C[N+]1(CC(=O)c2ccc3c(c2)OCCO3)CCOCC1.[I-]. The van der Waals surface area contributed by atoms with Crippen molar-refractivity contribution in [1.82, 2.24) is 0 Å². The summed E-state index contributed by atoms with van der Waals surface area (Å²) in [4.78, 5) is 12.5. The quantitative estimate of drug-likeness (QED) is 0.336. The zero-order valence-electron chi connectivity index (χ0n) is 12.1. The monoisotopic (exact) mass is 405 g/mol. The van der Waals surface area contributed by atoms with Crippen molar-refractivity contribution in [2.45, 2.75) is 0 Å². The van der Waals surface area contributed by atoms with Crippen molar-refractivity contribution < 1.29 is 47.5 Å². The Morgan fingerprint density at radius 2 is 1.76 bits per heavy atom. The minimum Gasteiger partial charge on any atom is -1.00 e.